The first-order valence-corrected chi connectivity index (χ1v) is 12.5. The highest BCUT2D eigenvalue weighted by molar-refractivity contribution is 7.80. The summed E-state index contributed by atoms with van der Waals surface area (Å²) in [6.45, 7) is 14.8. The Morgan fingerprint density at radius 2 is 1.44 bits per heavy atom. The highest BCUT2D eigenvalue weighted by atomic mass is 32.1. The van der Waals surface area contributed by atoms with E-state index in [4.69, 9.17) is 21.9 Å². The number of hydrogen-bond acceptors (Lipinski definition) is 5. The molecule has 2 heterocycles. The predicted octanol–water partition coefficient (Wildman–Crippen LogP) is 6.57. The molecule has 0 aliphatic carbocycles. The quantitative estimate of drug-likeness (QED) is 0.505. The lowest BCUT2D eigenvalue weighted by Gasteiger charge is -2.36. The normalized spacial score (nSPS) is 18.4. The number of nitrogens with one attached hydrogen (secondary N) is 1. The zero-order chi connectivity index (χ0) is 24.6. The second kappa shape index (κ2) is 9.31. The molecule has 1 N–H and O–H groups in total. The molecule has 0 radical (unpaired) electrons. The van der Waals surface area contributed by atoms with Crippen molar-refractivity contribution in [1.29, 1.82) is 0 Å². The summed E-state index contributed by atoms with van der Waals surface area (Å²) in [6.07, 6.45) is 2.53. The summed E-state index contributed by atoms with van der Waals surface area (Å²) in [5.41, 5.74) is 5.75. The standard InChI is InChI=1S/C28H37N3O2S/c1-26(2,3)21-9-7-20(8-10-21)24-19-28(33-30-24)15-17-31(18-16-28)32-25(34)29-23-13-11-22(12-14-23)27(4,5)6/h7-14H,15-19H2,1-6H3,(H,29,34). The Morgan fingerprint density at radius 1 is 0.912 bits per heavy atom. The first kappa shape index (κ1) is 24.7. The molecule has 5 nitrogen and oxygen atoms in total. The van der Waals surface area contributed by atoms with Crippen molar-refractivity contribution in [2.75, 3.05) is 18.4 Å². The van der Waals surface area contributed by atoms with Gasteiger partial charge in [-0.2, -0.15) is 0 Å². The van der Waals surface area contributed by atoms with Gasteiger partial charge in [0.05, 0.1) is 5.71 Å². The maximum atomic E-state index is 5.99. The third kappa shape index (κ3) is 5.78. The van der Waals surface area contributed by atoms with Crippen molar-refractivity contribution >= 4 is 28.8 Å². The molecule has 0 amide bonds. The van der Waals surface area contributed by atoms with Crippen molar-refractivity contribution in [3.63, 3.8) is 0 Å². The number of anilines is 1. The largest absolute Gasteiger partial charge is 0.388 e. The van der Waals surface area contributed by atoms with Crippen LogP contribution in [-0.2, 0) is 20.5 Å². The average Bonchev–Trinajstić information content (AvgIpc) is 3.18. The number of thiocarbonyl (C=S) groups is 1. The van der Waals surface area contributed by atoms with E-state index in [1.54, 1.807) is 0 Å². The summed E-state index contributed by atoms with van der Waals surface area (Å²) in [7, 11) is 0. The first-order chi connectivity index (χ1) is 15.9. The van der Waals surface area contributed by atoms with E-state index in [1.165, 1.54) is 11.1 Å². The van der Waals surface area contributed by atoms with Crippen LogP contribution in [0.25, 0.3) is 0 Å². The maximum absolute atomic E-state index is 5.99. The minimum absolute atomic E-state index is 0.126. The summed E-state index contributed by atoms with van der Waals surface area (Å²) in [4.78, 5) is 11.9. The number of rotatable bonds is 3. The molecule has 0 unspecified atom stereocenters. The van der Waals surface area contributed by atoms with Crippen LogP contribution >= 0.6 is 12.2 Å². The van der Waals surface area contributed by atoms with Gasteiger partial charge in [-0.1, -0.05) is 83.1 Å². The van der Waals surface area contributed by atoms with Crippen LogP contribution in [0.1, 0.15) is 77.5 Å². The van der Waals surface area contributed by atoms with E-state index >= 15 is 0 Å². The van der Waals surface area contributed by atoms with Crippen LogP contribution in [0.15, 0.2) is 53.7 Å². The maximum Gasteiger partial charge on any atom is 0.283 e. The molecule has 1 spiro atoms. The Labute approximate surface area is 209 Å². The van der Waals surface area contributed by atoms with Gasteiger partial charge in [0.2, 0.25) is 0 Å². The third-order valence-corrected chi connectivity index (χ3v) is 6.94. The molecule has 0 aromatic heterocycles. The summed E-state index contributed by atoms with van der Waals surface area (Å²) >= 11 is 5.44. The number of oxime groups is 1. The molecule has 0 saturated carbocycles. The zero-order valence-electron chi connectivity index (χ0n) is 21.3. The Kier molecular flexibility index (Phi) is 6.76. The van der Waals surface area contributed by atoms with E-state index in [9.17, 15) is 0 Å². The van der Waals surface area contributed by atoms with Gasteiger partial charge < -0.3 is 15.0 Å². The molecule has 2 aromatic rings. The molecule has 182 valence electrons. The Morgan fingerprint density at radius 3 is 1.97 bits per heavy atom. The predicted molar refractivity (Wildman–Crippen MR) is 143 cm³/mol. The summed E-state index contributed by atoms with van der Waals surface area (Å²) < 4.78 is 0. The van der Waals surface area contributed by atoms with Gasteiger partial charge in [0, 0.05) is 38.0 Å². The van der Waals surface area contributed by atoms with Crippen molar-refractivity contribution in [1.82, 2.24) is 5.06 Å². The fourth-order valence-electron chi connectivity index (χ4n) is 4.40. The van der Waals surface area contributed by atoms with Gasteiger partial charge >= 0.3 is 0 Å². The molecule has 0 bridgehead atoms. The number of nitrogens with zero attached hydrogens (tertiary/aromatic N) is 2. The molecule has 2 aliphatic heterocycles. The highest BCUT2D eigenvalue weighted by Gasteiger charge is 2.43. The first-order valence-electron chi connectivity index (χ1n) is 12.1. The zero-order valence-corrected chi connectivity index (χ0v) is 22.1. The van der Waals surface area contributed by atoms with Crippen LogP contribution < -0.4 is 5.32 Å². The van der Waals surface area contributed by atoms with Gasteiger partial charge in [0.25, 0.3) is 5.17 Å². The summed E-state index contributed by atoms with van der Waals surface area (Å²) in [5.74, 6) is 0. The van der Waals surface area contributed by atoms with Gasteiger partial charge in [-0.15, -0.1) is 5.06 Å². The van der Waals surface area contributed by atoms with Gasteiger partial charge in [-0.25, -0.2) is 0 Å². The van der Waals surface area contributed by atoms with Crippen molar-refractivity contribution in [2.45, 2.75) is 77.2 Å². The summed E-state index contributed by atoms with van der Waals surface area (Å²) in [6, 6.07) is 17.1. The molecular formula is C28H37N3O2S. The van der Waals surface area contributed by atoms with Crippen molar-refractivity contribution in [3.8, 4) is 0 Å². The Bertz CT molecular complexity index is 1040. The smallest absolute Gasteiger partial charge is 0.283 e. The van der Waals surface area contributed by atoms with E-state index in [1.807, 2.05) is 17.2 Å². The molecule has 0 atom stereocenters. The van der Waals surface area contributed by atoms with Crippen LogP contribution in [0.3, 0.4) is 0 Å². The molecule has 2 aliphatic rings. The molecule has 4 rings (SSSR count). The number of piperidine rings is 1. The van der Waals surface area contributed by atoms with Gasteiger partial charge in [0.15, 0.2) is 0 Å². The third-order valence-electron chi connectivity index (χ3n) is 6.77. The lowest BCUT2D eigenvalue weighted by atomic mass is 9.84. The summed E-state index contributed by atoms with van der Waals surface area (Å²) in [5, 5.41) is 9.93. The van der Waals surface area contributed by atoms with Crippen LogP contribution in [0.5, 0.6) is 0 Å². The van der Waals surface area contributed by atoms with Crippen molar-refractivity contribution in [3.05, 3.63) is 65.2 Å². The van der Waals surface area contributed by atoms with Gasteiger partial charge in [-0.05, 0) is 51.9 Å². The van der Waals surface area contributed by atoms with Crippen LogP contribution in [0.4, 0.5) is 5.69 Å². The van der Waals surface area contributed by atoms with Gasteiger partial charge in [0.1, 0.15) is 5.60 Å². The average molecular weight is 480 g/mol. The van der Waals surface area contributed by atoms with E-state index in [0.29, 0.717) is 5.17 Å². The topological polar surface area (TPSA) is 46.1 Å². The second-order valence-corrected chi connectivity index (χ2v) is 11.9. The van der Waals surface area contributed by atoms with Crippen LogP contribution in [-0.4, -0.2) is 34.6 Å². The van der Waals surface area contributed by atoms with E-state index in [0.717, 1.165) is 49.3 Å². The molecular weight excluding hydrogens is 442 g/mol. The fraction of sp³-hybridized carbons (Fsp3) is 0.500. The lowest BCUT2D eigenvalue weighted by molar-refractivity contribution is -0.143. The molecule has 6 heteroatoms. The number of hydrogen-bond donors (Lipinski definition) is 1. The fourth-order valence-corrected chi connectivity index (χ4v) is 4.63. The van der Waals surface area contributed by atoms with Crippen LogP contribution in [0, 0.1) is 0 Å². The van der Waals surface area contributed by atoms with Gasteiger partial charge in [-0.3, -0.25) is 0 Å². The Balaban J connectivity index is 1.26. The molecule has 1 saturated heterocycles. The van der Waals surface area contributed by atoms with Crippen molar-refractivity contribution in [2.24, 2.45) is 5.16 Å². The number of benzene rings is 2. The molecule has 34 heavy (non-hydrogen) atoms. The highest BCUT2D eigenvalue weighted by Crippen LogP contribution is 2.36. The number of hydroxylamine groups is 2. The lowest BCUT2D eigenvalue weighted by Crippen LogP contribution is -2.45. The van der Waals surface area contributed by atoms with Crippen molar-refractivity contribution < 1.29 is 9.68 Å². The van der Waals surface area contributed by atoms with E-state index < -0.39 is 0 Å². The monoisotopic (exact) mass is 479 g/mol. The molecule has 2 aromatic carbocycles. The SMILES string of the molecule is CC(C)(C)c1ccc(NC(=S)ON2CCC3(CC2)CC(c2ccc(C(C)(C)C)cc2)=NO3)cc1. The van der Waals surface area contributed by atoms with E-state index in [-0.39, 0.29) is 16.4 Å². The Hall–Kier alpha value is -2.44. The minimum Gasteiger partial charge on any atom is -0.388 e. The second-order valence-electron chi connectivity index (χ2n) is 11.6. The molecule has 1 fully saturated rings. The minimum atomic E-state index is -0.240. The van der Waals surface area contributed by atoms with Crippen LogP contribution in [0.2, 0.25) is 0 Å². The van der Waals surface area contributed by atoms with E-state index in [2.05, 4.69) is 88.4 Å².